The molecule has 4 atom stereocenters. The molecule has 12 heteroatoms. The summed E-state index contributed by atoms with van der Waals surface area (Å²) in [6, 6.07) is 16.0. The summed E-state index contributed by atoms with van der Waals surface area (Å²) in [5, 5.41) is 53.6. The van der Waals surface area contributed by atoms with E-state index in [-0.39, 0.29) is 12.0 Å². The molecule has 0 saturated heterocycles. The third-order valence-corrected chi connectivity index (χ3v) is 10.3. The molecule has 47 heavy (non-hydrogen) atoms. The molecule has 5 rings (SSSR count). The minimum Gasteiger partial charge on any atom is -0.490 e. The number of urea groups is 1. The Morgan fingerprint density at radius 3 is 2.53 bits per heavy atom. The van der Waals surface area contributed by atoms with Gasteiger partial charge in [0.1, 0.15) is 24.1 Å². The van der Waals surface area contributed by atoms with Crippen molar-refractivity contribution in [1.29, 1.82) is 0 Å². The molecule has 7 N–H and O–H groups in total. The molecule has 2 fully saturated rings. The first-order valence-corrected chi connectivity index (χ1v) is 17.5. The molecule has 2 aliphatic carbocycles. The number of carbonyl (C=O) groups is 1. The standard InChI is InChI=1S/C35H44ClN3O7S/c36-28-9-8-24(47-17-3-15-38-34(45)39-20-29(41)32(43)33(44)30(42)21-40)18-22(28)10-12-35(13-14-35)27-19-37-16-11-25(27)26-4-1-2-5-31(26)46-23-6-7-23/h1-2,4-5,8-9,11,16,18-19,23,29-30,32-33,40-44H,3,6-7,10,12-15,17,20-21H2,(H2,38,39,45)/t29-,30+,32+,33+/m0/s1. The van der Waals surface area contributed by atoms with Gasteiger partial charge < -0.3 is 40.9 Å². The highest BCUT2D eigenvalue weighted by atomic mass is 35.5. The maximum atomic E-state index is 12.1. The maximum absolute atomic E-state index is 12.1. The predicted octanol–water partition coefficient (Wildman–Crippen LogP) is 3.82. The van der Waals surface area contributed by atoms with E-state index >= 15 is 0 Å². The third-order valence-electron chi connectivity index (χ3n) is 8.80. The van der Waals surface area contributed by atoms with Crippen molar-refractivity contribution in [1.82, 2.24) is 15.6 Å². The number of pyridine rings is 1. The Hall–Kier alpha value is -2.90. The maximum Gasteiger partial charge on any atom is 0.314 e. The van der Waals surface area contributed by atoms with E-state index in [0.29, 0.717) is 19.1 Å². The molecular weight excluding hydrogens is 642 g/mol. The number of halogens is 1. The number of thioether (sulfide) groups is 1. The van der Waals surface area contributed by atoms with Crippen molar-refractivity contribution in [3.05, 3.63) is 77.1 Å². The number of carbonyl (C=O) groups excluding carboxylic acids is 1. The number of aryl methyl sites for hydroxylation is 1. The molecule has 3 aromatic rings. The Bertz CT molecular complexity index is 1490. The Labute approximate surface area is 284 Å². The number of hydrogen-bond donors (Lipinski definition) is 7. The molecule has 0 bridgehead atoms. The van der Waals surface area contributed by atoms with E-state index in [0.717, 1.165) is 71.1 Å². The van der Waals surface area contributed by atoms with Crippen molar-refractivity contribution in [2.75, 3.05) is 25.4 Å². The van der Waals surface area contributed by atoms with Gasteiger partial charge in [-0.15, -0.1) is 11.8 Å². The monoisotopic (exact) mass is 685 g/mol. The molecule has 254 valence electrons. The zero-order valence-electron chi connectivity index (χ0n) is 26.2. The first-order valence-electron chi connectivity index (χ1n) is 16.2. The SMILES string of the molecule is O=C(NCCCSc1ccc(Cl)c(CCC2(c3cnccc3-c3ccccc3OC3CC3)CC2)c1)NC[C@H](O)[C@@H](O)[C@H](O)[C@H](O)CO. The van der Waals surface area contributed by atoms with Crippen LogP contribution in [0.1, 0.15) is 49.7 Å². The van der Waals surface area contributed by atoms with Crippen LogP contribution in [-0.4, -0.2) is 92.5 Å². The minimum absolute atomic E-state index is 0.0591. The van der Waals surface area contributed by atoms with Crippen LogP contribution >= 0.6 is 23.4 Å². The summed E-state index contributed by atoms with van der Waals surface area (Å²) in [6.07, 6.45) is 4.58. The van der Waals surface area contributed by atoms with Gasteiger partial charge >= 0.3 is 6.03 Å². The summed E-state index contributed by atoms with van der Waals surface area (Å²) in [7, 11) is 0. The van der Waals surface area contributed by atoms with Gasteiger partial charge in [0.15, 0.2) is 0 Å². The normalized spacial score (nSPS) is 17.7. The van der Waals surface area contributed by atoms with E-state index in [9.17, 15) is 25.2 Å². The zero-order valence-corrected chi connectivity index (χ0v) is 27.8. The van der Waals surface area contributed by atoms with Crippen LogP contribution in [0.3, 0.4) is 0 Å². The van der Waals surface area contributed by atoms with E-state index in [2.05, 4.69) is 45.9 Å². The Balaban J connectivity index is 1.09. The second kappa shape index (κ2) is 16.5. The van der Waals surface area contributed by atoms with E-state index in [1.54, 1.807) is 11.8 Å². The first-order chi connectivity index (χ1) is 22.7. The van der Waals surface area contributed by atoms with E-state index < -0.39 is 37.1 Å². The van der Waals surface area contributed by atoms with Gasteiger partial charge in [0, 0.05) is 41.0 Å². The number of aromatic nitrogens is 1. The summed E-state index contributed by atoms with van der Waals surface area (Å²) in [5.74, 6) is 1.70. The van der Waals surface area contributed by atoms with Crippen molar-refractivity contribution in [3.8, 4) is 16.9 Å². The van der Waals surface area contributed by atoms with Crippen LogP contribution in [0, 0.1) is 0 Å². The Morgan fingerprint density at radius 1 is 1.02 bits per heavy atom. The summed E-state index contributed by atoms with van der Waals surface area (Å²) >= 11 is 8.34. The Kier molecular flexibility index (Phi) is 12.4. The van der Waals surface area contributed by atoms with Crippen LogP contribution in [0.2, 0.25) is 5.02 Å². The van der Waals surface area contributed by atoms with Gasteiger partial charge in [0.05, 0.1) is 18.8 Å². The fourth-order valence-corrected chi connectivity index (χ4v) is 6.75. The number of aliphatic hydroxyl groups excluding tert-OH is 5. The molecule has 0 unspecified atom stereocenters. The lowest BCUT2D eigenvalue weighted by molar-refractivity contribution is -0.113. The fraction of sp³-hybridized carbons (Fsp3) is 0.486. The summed E-state index contributed by atoms with van der Waals surface area (Å²) in [4.78, 5) is 17.7. The highest BCUT2D eigenvalue weighted by Gasteiger charge is 2.45. The van der Waals surface area contributed by atoms with Gasteiger partial charge in [-0.1, -0.05) is 29.8 Å². The number of amides is 2. The fourth-order valence-electron chi connectivity index (χ4n) is 5.63. The predicted molar refractivity (Wildman–Crippen MR) is 182 cm³/mol. The number of benzene rings is 2. The number of nitrogens with one attached hydrogen (secondary N) is 2. The molecule has 2 amide bonds. The molecule has 0 spiro atoms. The summed E-state index contributed by atoms with van der Waals surface area (Å²) in [5.41, 5.74) is 4.76. The molecule has 0 radical (unpaired) electrons. The van der Waals surface area contributed by atoms with E-state index in [1.807, 2.05) is 30.6 Å². The van der Waals surface area contributed by atoms with Crippen LogP contribution < -0.4 is 15.4 Å². The van der Waals surface area contributed by atoms with Crippen molar-refractivity contribution < 1.29 is 35.1 Å². The molecule has 1 heterocycles. The van der Waals surface area contributed by atoms with Gasteiger partial charge in [0.2, 0.25) is 0 Å². The number of hydrogen-bond acceptors (Lipinski definition) is 9. The second-order valence-electron chi connectivity index (χ2n) is 12.4. The molecule has 1 aromatic heterocycles. The van der Waals surface area contributed by atoms with Gasteiger partial charge in [-0.3, -0.25) is 4.98 Å². The highest BCUT2D eigenvalue weighted by molar-refractivity contribution is 7.99. The van der Waals surface area contributed by atoms with Crippen LogP contribution in [0.15, 0.2) is 65.8 Å². The van der Waals surface area contributed by atoms with Gasteiger partial charge in [-0.2, -0.15) is 0 Å². The van der Waals surface area contributed by atoms with Crippen molar-refractivity contribution in [3.63, 3.8) is 0 Å². The topological polar surface area (TPSA) is 164 Å². The quantitative estimate of drug-likeness (QED) is 0.0779. The lowest BCUT2D eigenvalue weighted by atomic mass is 9.85. The van der Waals surface area contributed by atoms with Crippen LogP contribution in [0.25, 0.3) is 11.1 Å². The second-order valence-corrected chi connectivity index (χ2v) is 14.0. The average Bonchev–Trinajstić information content (AvgIpc) is 4.04. The largest absolute Gasteiger partial charge is 0.490 e. The van der Waals surface area contributed by atoms with Crippen LogP contribution in [0.4, 0.5) is 4.79 Å². The van der Waals surface area contributed by atoms with Crippen molar-refractivity contribution in [2.45, 2.75) is 85.8 Å². The summed E-state index contributed by atoms with van der Waals surface area (Å²) < 4.78 is 6.26. The first kappa shape index (κ1) is 35.4. The lowest BCUT2D eigenvalue weighted by Crippen LogP contribution is -2.50. The molecule has 2 aliphatic rings. The minimum atomic E-state index is -1.74. The number of ether oxygens (including phenoxy) is 1. The smallest absolute Gasteiger partial charge is 0.314 e. The van der Waals surface area contributed by atoms with Crippen molar-refractivity contribution in [2.24, 2.45) is 0 Å². The molecule has 2 saturated carbocycles. The highest BCUT2D eigenvalue weighted by Crippen LogP contribution is 2.55. The van der Waals surface area contributed by atoms with Crippen LogP contribution in [0.5, 0.6) is 5.75 Å². The van der Waals surface area contributed by atoms with E-state index in [1.165, 1.54) is 11.1 Å². The van der Waals surface area contributed by atoms with E-state index in [4.69, 9.17) is 21.4 Å². The molecular formula is C35H44ClN3O7S. The zero-order chi connectivity index (χ0) is 33.4. The third kappa shape index (κ3) is 9.60. The Morgan fingerprint density at radius 2 is 1.79 bits per heavy atom. The molecule has 10 nitrogen and oxygen atoms in total. The molecule has 2 aromatic carbocycles. The van der Waals surface area contributed by atoms with Gasteiger partial charge in [-0.25, -0.2) is 4.79 Å². The molecule has 0 aliphatic heterocycles. The average molecular weight is 686 g/mol. The lowest BCUT2D eigenvalue weighted by Gasteiger charge is -2.25. The number of rotatable bonds is 18. The van der Waals surface area contributed by atoms with Gasteiger partial charge in [0.25, 0.3) is 0 Å². The van der Waals surface area contributed by atoms with Gasteiger partial charge in [-0.05, 0) is 103 Å². The summed E-state index contributed by atoms with van der Waals surface area (Å²) in [6.45, 7) is -0.709. The number of para-hydroxylation sites is 1. The number of aliphatic hydroxyl groups is 5. The number of nitrogens with zero attached hydrogens (tertiary/aromatic N) is 1. The van der Waals surface area contributed by atoms with Crippen LogP contribution in [-0.2, 0) is 11.8 Å². The van der Waals surface area contributed by atoms with Crippen molar-refractivity contribution >= 4 is 29.4 Å².